The molecule has 7 nitrogen and oxygen atoms in total. The largest absolute Gasteiger partial charge is 0.454 e. The lowest BCUT2D eigenvalue weighted by Crippen LogP contribution is -3.14. The molecule has 29 heavy (non-hydrogen) atoms. The van der Waals surface area contributed by atoms with Crippen molar-refractivity contribution in [3.63, 3.8) is 0 Å². The van der Waals surface area contributed by atoms with Crippen LogP contribution in [0.4, 0.5) is 5.69 Å². The second kappa shape index (κ2) is 8.96. The number of quaternary nitrogens is 1. The van der Waals surface area contributed by atoms with Gasteiger partial charge in [0.25, 0.3) is 5.91 Å². The molecule has 0 saturated carbocycles. The first-order valence-corrected chi connectivity index (χ1v) is 10.0. The van der Waals surface area contributed by atoms with Crippen LogP contribution < -0.4 is 25.0 Å². The summed E-state index contributed by atoms with van der Waals surface area (Å²) in [6.07, 6.45) is 1.59. The molecule has 1 fully saturated rings. The Labute approximate surface area is 170 Å². The summed E-state index contributed by atoms with van der Waals surface area (Å²) < 4.78 is 10.7. The molecule has 4 rings (SSSR count). The lowest BCUT2D eigenvalue weighted by Gasteiger charge is -2.28. The van der Waals surface area contributed by atoms with E-state index >= 15 is 0 Å². The van der Waals surface area contributed by atoms with Crippen LogP contribution in [0.3, 0.4) is 0 Å². The van der Waals surface area contributed by atoms with Crippen molar-refractivity contribution in [3.8, 4) is 11.5 Å². The summed E-state index contributed by atoms with van der Waals surface area (Å²) in [7, 11) is 0. The minimum absolute atomic E-state index is 0.00986. The third-order valence-electron chi connectivity index (χ3n) is 5.44. The molecule has 0 bridgehead atoms. The van der Waals surface area contributed by atoms with Crippen molar-refractivity contribution in [1.29, 1.82) is 0 Å². The highest BCUT2D eigenvalue weighted by Gasteiger charge is 2.28. The van der Waals surface area contributed by atoms with Gasteiger partial charge in [-0.15, -0.1) is 0 Å². The van der Waals surface area contributed by atoms with Crippen molar-refractivity contribution >= 4 is 17.5 Å². The van der Waals surface area contributed by atoms with E-state index in [9.17, 15) is 9.59 Å². The maximum absolute atomic E-state index is 12.4. The lowest BCUT2D eigenvalue weighted by atomic mass is 9.96. The average molecular weight is 396 g/mol. The fourth-order valence-corrected chi connectivity index (χ4v) is 3.77. The van der Waals surface area contributed by atoms with Crippen LogP contribution in [-0.4, -0.2) is 38.2 Å². The molecule has 0 radical (unpaired) electrons. The Hall–Kier alpha value is -3.06. The summed E-state index contributed by atoms with van der Waals surface area (Å²) in [5, 5.41) is 5.95. The number of nitrogens with one attached hydrogen (secondary N) is 3. The zero-order valence-corrected chi connectivity index (χ0v) is 16.3. The number of fused-ring (bicyclic) bond motifs is 1. The maximum atomic E-state index is 12.4. The standard InChI is InChI=1S/C22H25N3O4/c26-21(23-13-16-6-7-19-20(12-16)29-15-28-19)14-25-10-8-17(9-11-25)22(27)24-18-4-2-1-3-5-18/h1-7,12,17H,8-11,13-15H2,(H,23,26)(H,24,27)/p+1. The topological polar surface area (TPSA) is 81.1 Å². The van der Waals surface area contributed by atoms with Gasteiger partial charge in [-0.2, -0.15) is 0 Å². The number of ether oxygens (including phenoxy) is 2. The quantitative estimate of drug-likeness (QED) is 0.680. The van der Waals surface area contributed by atoms with Crippen LogP contribution in [-0.2, 0) is 16.1 Å². The van der Waals surface area contributed by atoms with Gasteiger partial charge in [0.2, 0.25) is 12.7 Å². The summed E-state index contributed by atoms with van der Waals surface area (Å²) in [6, 6.07) is 15.2. The van der Waals surface area contributed by atoms with Crippen molar-refractivity contribution in [3.05, 3.63) is 54.1 Å². The van der Waals surface area contributed by atoms with Gasteiger partial charge in [-0.3, -0.25) is 9.59 Å². The predicted molar refractivity (Wildman–Crippen MR) is 108 cm³/mol. The summed E-state index contributed by atoms with van der Waals surface area (Å²) >= 11 is 0. The lowest BCUT2D eigenvalue weighted by molar-refractivity contribution is -0.897. The van der Waals surface area contributed by atoms with Gasteiger partial charge in [-0.1, -0.05) is 24.3 Å². The molecular formula is C22H26N3O4+. The summed E-state index contributed by atoms with van der Waals surface area (Å²) in [5.74, 6) is 1.56. The number of anilines is 1. The molecule has 0 spiro atoms. The van der Waals surface area contributed by atoms with Crippen molar-refractivity contribution in [2.24, 2.45) is 5.92 Å². The number of carbonyl (C=O) groups is 2. The number of likely N-dealkylation sites (tertiary alicyclic amines) is 1. The van der Waals surface area contributed by atoms with Gasteiger partial charge < -0.3 is 25.0 Å². The Kier molecular flexibility index (Phi) is 5.95. The summed E-state index contributed by atoms with van der Waals surface area (Å²) in [5.41, 5.74) is 1.81. The zero-order valence-electron chi connectivity index (χ0n) is 16.3. The molecule has 2 amide bonds. The van der Waals surface area contributed by atoms with Crippen LogP contribution in [0, 0.1) is 5.92 Å². The van der Waals surface area contributed by atoms with Crippen LogP contribution in [0.2, 0.25) is 0 Å². The molecule has 2 aliphatic rings. The number of benzene rings is 2. The number of hydrogen-bond donors (Lipinski definition) is 3. The molecule has 0 atom stereocenters. The van der Waals surface area contributed by atoms with Gasteiger partial charge >= 0.3 is 0 Å². The summed E-state index contributed by atoms with van der Waals surface area (Å²) in [4.78, 5) is 25.9. The van der Waals surface area contributed by atoms with Crippen LogP contribution in [0.15, 0.2) is 48.5 Å². The number of hydrogen-bond acceptors (Lipinski definition) is 4. The molecule has 2 aliphatic heterocycles. The smallest absolute Gasteiger partial charge is 0.275 e. The Bertz CT molecular complexity index is 864. The van der Waals surface area contributed by atoms with Crippen LogP contribution >= 0.6 is 0 Å². The number of amides is 2. The first-order valence-electron chi connectivity index (χ1n) is 10.0. The van der Waals surface area contributed by atoms with Crippen LogP contribution in [0.25, 0.3) is 0 Å². The second-order valence-electron chi connectivity index (χ2n) is 7.52. The van der Waals surface area contributed by atoms with Crippen molar-refractivity contribution in [2.45, 2.75) is 19.4 Å². The van der Waals surface area contributed by atoms with E-state index in [1.165, 1.54) is 4.90 Å². The van der Waals surface area contributed by atoms with Crippen molar-refractivity contribution in [1.82, 2.24) is 5.32 Å². The maximum Gasteiger partial charge on any atom is 0.275 e. The normalized spacial score (nSPS) is 20.1. The van der Waals surface area contributed by atoms with Gasteiger partial charge in [0.15, 0.2) is 18.0 Å². The van der Waals surface area contributed by atoms with E-state index in [1.807, 2.05) is 48.5 Å². The van der Waals surface area contributed by atoms with Gasteiger partial charge in [-0.25, -0.2) is 0 Å². The molecular weight excluding hydrogens is 370 g/mol. The van der Waals surface area contributed by atoms with Crippen LogP contribution in [0.1, 0.15) is 18.4 Å². The van der Waals surface area contributed by atoms with Gasteiger partial charge in [0.1, 0.15) is 0 Å². The monoisotopic (exact) mass is 396 g/mol. The highest BCUT2D eigenvalue weighted by molar-refractivity contribution is 5.92. The molecule has 0 aliphatic carbocycles. The Morgan fingerprint density at radius 3 is 2.55 bits per heavy atom. The number of carbonyl (C=O) groups excluding carboxylic acids is 2. The Balaban J connectivity index is 1.18. The van der Waals surface area contributed by atoms with Gasteiger partial charge in [0, 0.05) is 31.0 Å². The third-order valence-corrected chi connectivity index (χ3v) is 5.44. The van der Waals surface area contributed by atoms with Gasteiger partial charge in [0.05, 0.1) is 13.1 Å². The minimum Gasteiger partial charge on any atom is -0.454 e. The second-order valence-corrected chi connectivity index (χ2v) is 7.52. The zero-order chi connectivity index (χ0) is 20.1. The molecule has 0 aromatic heterocycles. The molecule has 7 heteroatoms. The van der Waals surface area contributed by atoms with E-state index in [0.29, 0.717) is 13.1 Å². The molecule has 2 aromatic carbocycles. The molecule has 2 heterocycles. The van der Waals surface area contributed by atoms with Crippen LogP contribution in [0.5, 0.6) is 11.5 Å². The fourth-order valence-electron chi connectivity index (χ4n) is 3.77. The Morgan fingerprint density at radius 2 is 1.76 bits per heavy atom. The average Bonchev–Trinajstić information content (AvgIpc) is 3.21. The Morgan fingerprint density at radius 1 is 1.00 bits per heavy atom. The van der Waals surface area contributed by atoms with E-state index in [2.05, 4.69) is 10.6 Å². The summed E-state index contributed by atoms with van der Waals surface area (Å²) in [6.45, 7) is 2.78. The van der Waals surface area contributed by atoms with E-state index in [4.69, 9.17) is 9.47 Å². The number of rotatable bonds is 6. The molecule has 1 saturated heterocycles. The highest BCUT2D eigenvalue weighted by atomic mass is 16.7. The van der Waals surface area contributed by atoms with Gasteiger partial charge in [-0.05, 0) is 29.8 Å². The predicted octanol–water partition coefficient (Wildman–Crippen LogP) is 0.965. The van der Waals surface area contributed by atoms with Crippen molar-refractivity contribution in [2.75, 3.05) is 31.7 Å². The van der Waals surface area contributed by atoms with E-state index < -0.39 is 0 Å². The minimum atomic E-state index is 0.00986. The molecule has 2 aromatic rings. The molecule has 152 valence electrons. The molecule has 3 N–H and O–H groups in total. The SMILES string of the molecule is O=C(C[NH+]1CCC(C(=O)Nc2ccccc2)CC1)NCc1ccc2c(c1)OCO2. The fraction of sp³-hybridized carbons (Fsp3) is 0.364. The molecule has 0 unspecified atom stereocenters. The van der Waals surface area contributed by atoms with E-state index in [1.54, 1.807) is 0 Å². The highest BCUT2D eigenvalue weighted by Crippen LogP contribution is 2.32. The number of para-hydroxylation sites is 1. The number of piperidine rings is 1. The van der Waals surface area contributed by atoms with E-state index in [-0.39, 0.29) is 24.5 Å². The first kappa shape index (κ1) is 19.3. The third kappa shape index (κ3) is 5.06. The van der Waals surface area contributed by atoms with E-state index in [0.717, 1.165) is 48.7 Å². The first-order chi connectivity index (χ1) is 14.2. The van der Waals surface area contributed by atoms with Crippen molar-refractivity contribution < 1.29 is 24.0 Å².